The van der Waals surface area contributed by atoms with E-state index in [1.165, 1.54) is 36.4 Å². The zero-order valence-corrected chi connectivity index (χ0v) is 27.9. The van der Waals surface area contributed by atoms with Gasteiger partial charge in [-0.15, -0.1) is 0 Å². The van der Waals surface area contributed by atoms with Gasteiger partial charge in [-0.2, -0.15) is 0 Å². The average molecular weight is 691 g/mol. The Morgan fingerprint density at radius 2 is 1.50 bits per heavy atom. The van der Waals surface area contributed by atoms with Gasteiger partial charge in [-0.3, -0.25) is 24.0 Å². The molecule has 3 heterocycles. The number of ketones is 5. The second-order valence-electron chi connectivity index (χ2n) is 14.1. The molecular weight excluding hydrogens is 652 g/mol. The summed E-state index contributed by atoms with van der Waals surface area (Å²) in [5.74, 6) is -3.50. The molecule has 13 nitrogen and oxygen atoms in total. The number of rotatable bonds is 5. The molecule has 0 aromatic heterocycles. The largest absolute Gasteiger partial charge is 0.507 e. The number of ether oxygens (including phenoxy) is 5. The van der Waals surface area contributed by atoms with Crippen molar-refractivity contribution in [1.29, 1.82) is 0 Å². The molecule has 0 spiro atoms. The van der Waals surface area contributed by atoms with Crippen molar-refractivity contribution in [2.75, 3.05) is 0 Å². The van der Waals surface area contributed by atoms with Crippen LogP contribution in [0.25, 0.3) is 0 Å². The quantitative estimate of drug-likeness (QED) is 0.409. The number of phenolic OH excluding ortho intramolecular Hbond substituents is 1. The van der Waals surface area contributed by atoms with E-state index in [9.17, 15) is 39.3 Å². The molecule has 0 amide bonds. The van der Waals surface area contributed by atoms with Crippen molar-refractivity contribution < 1.29 is 63.0 Å². The first-order valence-corrected chi connectivity index (χ1v) is 16.7. The van der Waals surface area contributed by atoms with Gasteiger partial charge in [0.15, 0.2) is 47.1 Å². The van der Waals surface area contributed by atoms with Crippen molar-refractivity contribution in [3.05, 3.63) is 76.4 Å². The first-order chi connectivity index (χ1) is 23.5. The van der Waals surface area contributed by atoms with Crippen molar-refractivity contribution >= 4 is 28.9 Å². The summed E-state index contributed by atoms with van der Waals surface area (Å²) in [6.07, 6.45) is 3.40. The Bertz CT molecular complexity index is 1840. The van der Waals surface area contributed by atoms with Gasteiger partial charge >= 0.3 is 0 Å². The zero-order chi connectivity index (χ0) is 35.9. The molecule has 1 aromatic carbocycles. The number of phenols is 1. The molecule has 6 aliphatic rings. The summed E-state index contributed by atoms with van der Waals surface area (Å²) in [5.41, 5.74) is -7.64. The Morgan fingerprint density at radius 3 is 2.16 bits per heavy atom. The van der Waals surface area contributed by atoms with Gasteiger partial charge in [0, 0.05) is 29.5 Å². The lowest BCUT2D eigenvalue weighted by Crippen LogP contribution is -2.69. The predicted octanol–water partition coefficient (Wildman–Crippen LogP) is 2.60. The van der Waals surface area contributed by atoms with Gasteiger partial charge in [-0.05, 0) is 77.0 Å². The van der Waals surface area contributed by atoms with Crippen LogP contribution in [-0.2, 0) is 38.1 Å². The third-order valence-corrected chi connectivity index (χ3v) is 10.5. The molecule has 0 radical (unpaired) electrons. The standard InChI is InChI=1S/C37H38O13/c1-17-23(38)7-11-28(47-17)49-25-9-10-26(46-19(25)3)20-5-6-21-30(32(20)41)33(42)22-13-14-36(44)16-35(4,50-29-12-8-24(39)18(2)48-29)15-27(40)37(36,45)31(22)34(21)43/h5-8,11-14,17-19,25-26,28-29,41,44-45H,9-10,15-16H2,1-4H3/t17-,18-,19+,25-,26?,28-,29-,35+,36-,37+/m0/s1. The van der Waals surface area contributed by atoms with E-state index in [0.29, 0.717) is 12.8 Å². The van der Waals surface area contributed by atoms with Gasteiger partial charge in [0.25, 0.3) is 0 Å². The molecule has 1 aromatic rings. The van der Waals surface area contributed by atoms with E-state index >= 15 is 0 Å². The fraction of sp³-hybridized carbons (Fsp3) is 0.486. The summed E-state index contributed by atoms with van der Waals surface area (Å²) < 4.78 is 29.4. The van der Waals surface area contributed by atoms with Crippen molar-refractivity contribution in [2.45, 2.75) is 113 Å². The monoisotopic (exact) mass is 690 g/mol. The molecule has 3 aliphatic heterocycles. The highest BCUT2D eigenvalue weighted by Gasteiger charge is 2.67. The van der Waals surface area contributed by atoms with Gasteiger partial charge in [0.2, 0.25) is 0 Å². The van der Waals surface area contributed by atoms with E-state index in [-0.39, 0.29) is 46.4 Å². The first-order valence-electron chi connectivity index (χ1n) is 16.7. The Hall–Kier alpha value is -3.95. The summed E-state index contributed by atoms with van der Waals surface area (Å²) in [5, 5.41) is 35.3. The van der Waals surface area contributed by atoms with E-state index in [4.69, 9.17) is 23.7 Å². The molecular formula is C37H38O13. The number of carbonyl (C=O) groups is 5. The minimum atomic E-state index is -2.79. The topological polar surface area (TPSA) is 192 Å². The fourth-order valence-electron chi connectivity index (χ4n) is 7.83. The molecule has 3 aliphatic carbocycles. The number of aromatic hydroxyl groups is 1. The molecule has 264 valence electrons. The second kappa shape index (κ2) is 12.1. The summed E-state index contributed by atoms with van der Waals surface area (Å²) >= 11 is 0. The zero-order valence-electron chi connectivity index (χ0n) is 27.9. The molecule has 2 fully saturated rings. The van der Waals surface area contributed by atoms with Gasteiger partial charge in [0.1, 0.15) is 23.6 Å². The van der Waals surface area contributed by atoms with Crippen LogP contribution in [-0.4, -0.2) is 98.0 Å². The molecule has 1 unspecified atom stereocenters. The first kappa shape index (κ1) is 34.5. The van der Waals surface area contributed by atoms with Gasteiger partial charge in [0.05, 0.1) is 35.0 Å². The number of benzene rings is 1. The highest BCUT2D eigenvalue weighted by atomic mass is 16.7. The number of aliphatic hydroxyl groups is 2. The number of Topliss-reactive ketones (excluding diaryl/α,β-unsaturated/α-hetero) is 3. The van der Waals surface area contributed by atoms with Crippen molar-refractivity contribution in [2.24, 2.45) is 0 Å². The lowest BCUT2D eigenvalue weighted by Gasteiger charge is -2.53. The van der Waals surface area contributed by atoms with Gasteiger partial charge < -0.3 is 39.0 Å². The lowest BCUT2D eigenvalue weighted by molar-refractivity contribution is -0.237. The van der Waals surface area contributed by atoms with E-state index in [1.807, 2.05) is 0 Å². The minimum absolute atomic E-state index is 0.151. The molecule has 0 bridgehead atoms. The van der Waals surface area contributed by atoms with Crippen LogP contribution in [0.4, 0.5) is 0 Å². The molecule has 7 rings (SSSR count). The smallest absolute Gasteiger partial charge is 0.198 e. The summed E-state index contributed by atoms with van der Waals surface area (Å²) in [7, 11) is 0. The second-order valence-corrected chi connectivity index (χ2v) is 14.1. The molecule has 50 heavy (non-hydrogen) atoms. The molecule has 1 saturated heterocycles. The summed E-state index contributed by atoms with van der Waals surface area (Å²) in [4.78, 5) is 65.5. The molecule has 1 saturated carbocycles. The van der Waals surface area contributed by atoms with Crippen molar-refractivity contribution in [3.63, 3.8) is 0 Å². The maximum atomic E-state index is 14.1. The van der Waals surface area contributed by atoms with Crippen LogP contribution in [0.5, 0.6) is 5.75 Å². The third kappa shape index (κ3) is 5.39. The van der Waals surface area contributed by atoms with Crippen LogP contribution in [0.15, 0.2) is 59.7 Å². The number of hydrogen-bond donors (Lipinski definition) is 3. The molecule has 3 N–H and O–H groups in total. The van der Waals surface area contributed by atoms with Gasteiger partial charge in [-0.1, -0.05) is 12.1 Å². The summed E-state index contributed by atoms with van der Waals surface area (Å²) in [6.45, 7) is 6.54. The number of hydrogen-bond acceptors (Lipinski definition) is 13. The van der Waals surface area contributed by atoms with Crippen LogP contribution in [0.2, 0.25) is 0 Å². The van der Waals surface area contributed by atoms with Crippen molar-refractivity contribution in [3.8, 4) is 5.75 Å². The minimum Gasteiger partial charge on any atom is -0.507 e. The molecule has 10 atom stereocenters. The van der Waals surface area contributed by atoms with E-state index in [0.717, 1.165) is 6.08 Å². The lowest BCUT2D eigenvalue weighted by atomic mass is 9.57. The predicted molar refractivity (Wildman–Crippen MR) is 171 cm³/mol. The maximum Gasteiger partial charge on any atom is 0.198 e. The van der Waals surface area contributed by atoms with E-state index < -0.39 is 88.9 Å². The Kier molecular flexibility index (Phi) is 8.34. The Morgan fingerprint density at radius 1 is 0.840 bits per heavy atom. The maximum absolute atomic E-state index is 14.1. The van der Waals surface area contributed by atoms with Gasteiger partial charge in [-0.25, -0.2) is 0 Å². The molecule has 13 heteroatoms. The normalized spacial score (nSPS) is 39.8. The average Bonchev–Trinajstić information content (AvgIpc) is 3.05. The van der Waals surface area contributed by atoms with Crippen molar-refractivity contribution in [1.82, 2.24) is 0 Å². The number of fused-ring (bicyclic) bond motifs is 3. The highest BCUT2D eigenvalue weighted by molar-refractivity contribution is 6.32. The Balaban J connectivity index is 1.12. The highest BCUT2D eigenvalue weighted by Crippen LogP contribution is 2.53. The van der Waals surface area contributed by atoms with E-state index in [2.05, 4.69) is 0 Å². The van der Waals surface area contributed by atoms with E-state index in [1.54, 1.807) is 33.8 Å². The van der Waals surface area contributed by atoms with Crippen LogP contribution in [0, 0.1) is 0 Å². The van der Waals surface area contributed by atoms with Crippen LogP contribution < -0.4 is 0 Å². The summed E-state index contributed by atoms with van der Waals surface area (Å²) in [6, 6.07) is 2.82. The third-order valence-electron chi connectivity index (χ3n) is 10.5. The Labute approximate surface area is 287 Å². The van der Waals surface area contributed by atoms with Crippen LogP contribution in [0.1, 0.15) is 85.8 Å². The number of carbonyl (C=O) groups excluding carboxylic acids is 5. The van der Waals surface area contributed by atoms with Crippen LogP contribution in [0.3, 0.4) is 0 Å². The fourth-order valence-corrected chi connectivity index (χ4v) is 7.83. The SMILES string of the molecule is C[C@@H]1O[C@@H](O[C@H]2CCC(c3ccc4c(c3O)C(=O)C3=C(C4=O)[C@]4(O)C(=O)C[C@@](C)(O[C@H]5C=CC(=O)[C@H](C)O5)C[C@@]4(O)C=C3)O[C@@H]2C)C=CC1=O. The number of allylic oxidation sites excluding steroid dienone is 2. The van der Waals surface area contributed by atoms with Crippen LogP contribution >= 0.6 is 0 Å².